The predicted octanol–water partition coefficient (Wildman–Crippen LogP) is 4.77. The van der Waals surface area contributed by atoms with Gasteiger partial charge in [-0.1, -0.05) is 34.8 Å². The van der Waals surface area contributed by atoms with E-state index in [1.54, 1.807) is 18.2 Å². The van der Waals surface area contributed by atoms with Gasteiger partial charge in [-0.15, -0.1) is 5.10 Å². The lowest BCUT2D eigenvalue weighted by atomic mass is 10.2. The number of carbonyl (C=O) groups excluding carboxylic acids is 1. The summed E-state index contributed by atoms with van der Waals surface area (Å²) >= 11 is 21.0. The van der Waals surface area contributed by atoms with Crippen LogP contribution in [0.15, 0.2) is 28.9 Å². The van der Waals surface area contributed by atoms with E-state index in [1.807, 2.05) is 0 Å². The summed E-state index contributed by atoms with van der Waals surface area (Å²) < 4.78 is 0.521. The highest BCUT2D eigenvalue weighted by atomic mass is 79.9. The largest absolute Gasteiger partial charge is 0.344 e. The van der Waals surface area contributed by atoms with Gasteiger partial charge in [0.25, 0.3) is 5.91 Å². The number of hydrogen-bond donors (Lipinski definition) is 3. The molecule has 6 nitrogen and oxygen atoms in total. The lowest BCUT2D eigenvalue weighted by Gasteiger charge is -2.00. The summed E-state index contributed by atoms with van der Waals surface area (Å²) in [4.78, 5) is 19.0. The van der Waals surface area contributed by atoms with Crippen molar-refractivity contribution in [2.75, 3.05) is 5.32 Å². The fourth-order valence-corrected chi connectivity index (χ4v) is 2.80. The van der Waals surface area contributed by atoms with Crippen LogP contribution in [0.25, 0.3) is 11.4 Å². The Balaban J connectivity index is 1.80. The van der Waals surface area contributed by atoms with Crippen molar-refractivity contribution < 1.29 is 4.79 Å². The van der Waals surface area contributed by atoms with E-state index in [1.165, 1.54) is 6.07 Å². The summed E-state index contributed by atoms with van der Waals surface area (Å²) in [6.45, 7) is 0. The Hall–Kier alpha value is -1.54. The molecule has 0 saturated heterocycles. The molecule has 3 rings (SSSR count). The summed E-state index contributed by atoms with van der Waals surface area (Å²) in [5.41, 5.74) is 0.896. The Morgan fingerprint density at radius 2 is 1.96 bits per heavy atom. The molecule has 0 fully saturated rings. The van der Waals surface area contributed by atoms with E-state index in [2.05, 4.69) is 41.4 Å². The van der Waals surface area contributed by atoms with Crippen molar-refractivity contribution in [3.05, 3.63) is 49.6 Å². The number of nitrogens with one attached hydrogen (secondary N) is 3. The van der Waals surface area contributed by atoms with Crippen LogP contribution < -0.4 is 5.32 Å². The van der Waals surface area contributed by atoms with Gasteiger partial charge in [0.15, 0.2) is 5.82 Å². The number of rotatable bonds is 3. The van der Waals surface area contributed by atoms with Gasteiger partial charge < -0.3 is 4.98 Å². The highest BCUT2D eigenvalue weighted by Gasteiger charge is 2.15. The van der Waals surface area contributed by atoms with Crippen LogP contribution in [0.3, 0.4) is 0 Å². The van der Waals surface area contributed by atoms with Gasteiger partial charge in [-0.3, -0.25) is 15.2 Å². The minimum Gasteiger partial charge on any atom is -0.344 e. The van der Waals surface area contributed by atoms with Crippen molar-refractivity contribution in [1.29, 1.82) is 0 Å². The lowest BCUT2D eigenvalue weighted by Crippen LogP contribution is -2.13. The number of aromatic amines is 2. The molecule has 3 aromatic rings. The third-order valence-corrected chi connectivity index (χ3v) is 4.57. The number of anilines is 1. The predicted molar refractivity (Wildman–Crippen MR) is 93.3 cm³/mol. The lowest BCUT2D eigenvalue weighted by molar-refractivity contribution is 0.102. The van der Waals surface area contributed by atoms with Crippen LogP contribution in [-0.2, 0) is 0 Å². The Morgan fingerprint density at radius 3 is 2.61 bits per heavy atom. The molecule has 1 aromatic carbocycles. The molecule has 1 amide bonds. The molecule has 0 aliphatic rings. The average molecular weight is 435 g/mol. The first-order valence-corrected chi connectivity index (χ1v) is 8.10. The highest BCUT2D eigenvalue weighted by Crippen LogP contribution is 2.28. The highest BCUT2D eigenvalue weighted by molar-refractivity contribution is 9.10. The molecule has 23 heavy (non-hydrogen) atoms. The molecule has 118 valence electrons. The van der Waals surface area contributed by atoms with Gasteiger partial charge >= 0.3 is 0 Å². The van der Waals surface area contributed by atoms with Crippen molar-refractivity contribution in [1.82, 2.24) is 20.2 Å². The second kappa shape index (κ2) is 6.52. The van der Waals surface area contributed by atoms with E-state index in [0.717, 1.165) is 0 Å². The first-order valence-electron chi connectivity index (χ1n) is 6.17. The maximum absolute atomic E-state index is 12.1. The van der Waals surface area contributed by atoms with Crippen molar-refractivity contribution >= 4 is 62.6 Å². The van der Waals surface area contributed by atoms with E-state index in [4.69, 9.17) is 34.8 Å². The molecule has 0 saturated carbocycles. The van der Waals surface area contributed by atoms with Crippen molar-refractivity contribution in [2.24, 2.45) is 0 Å². The minimum atomic E-state index is -0.426. The van der Waals surface area contributed by atoms with E-state index in [-0.39, 0.29) is 11.6 Å². The number of carbonyl (C=O) groups is 1. The normalized spacial score (nSPS) is 10.8. The summed E-state index contributed by atoms with van der Waals surface area (Å²) in [5.74, 6) is 0.0934. The molecule has 0 aliphatic heterocycles. The second-order valence-electron chi connectivity index (χ2n) is 4.43. The zero-order valence-corrected chi connectivity index (χ0v) is 15.0. The van der Waals surface area contributed by atoms with Crippen LogP contribution in [0, 0.1) is 0 Å². The van der Waals surface area contributed by atoms with Gasteiger partial charge in [-0.05, 0) is 40.2 Å². The number of nitrogens with zero attached hydrogens (tertiary/aromatic N) is 2. The van der Waals surface area contributed by atoms with E-state index in [0.29, 0.717) is 31.1 Å². The fourth-order valence-electron chi connectivity index (χ4n) is 1.81. The molecule has 0 radical (unpaired) electrons. The van der Waals surface area contributed by atoms with E-state index < -0.39 is 5.91 Å². The fraction of sp³-hybridized carbons (Fsp3) is 0. The number of benzene rings is 1. The van der Waals surface area contributed by atoms with Gasteiger partial charge in [0.2, 0.25) is 5.95 Å². The number of amides is 1. The van der Waals surface area contributed by atoms with Crippen LogP contribution in [0.5, 0.6) is 0 Å². The van der Waals surface area contributed by atoms with Crippen LogP contribution in [0.4, 0.5) is 5.95 Å². The average Bonchev–Trinajstić information content (AvgIpc) is 3.07. The molecule has 0 aliphatic carbocycles. The van der Waals surface area contributed by atoms with Crippen LogP contribution >= 0.6 is 50.7 Å². The topological polar surface area (TPSA) is 86.5 Å². The molecule has 0 atom stereocenters. The SMILES string of the molecule is O=C(Nc1n[nH]c(-c2ccc(Cl)cc2Cl)n1)c1cc(Cl)c(Br)[nH]1. The molecule has 2 heterocycles. The number of halogens is 4. The van der Waals surface area contributed by atoms with Gasteiger partial charge in [-0.25, -0.2) is 0 Å². The summed E-state index contributed by atoms with van der Waals surface area (Å²) in [6.07, 6.45) is 0. The number of aromatic nitrogens is 4. The van der Waals surface area contributed by atoms with E-state index in [9.17, 15) is 4.79 Å². The van der Waals surface area contributed by atoms with Gasteiger partial charge in [-0.2, -0.15) is 4.98 Å². The smallest absolute Gasteiger partial charge is 0.274 e. The molecule has 2 aromatic heterocycles. The Bertz CT molecular complexity index is 872. The Kier molecular flexibility index (Phi) is 4.63. The first-order chi connectivity index (χ1) is 10.9. The summed E-state index contributed by atoms with van der Waals surface area (Å²) in [7, 11) is 0. The molecule has 0 spiro atoms. The molecule has 3 N–H and O–H groups in total. The Labute approximate surface area is 153 Å². The third-order valence-electron chi connectivity index (χ3n) is 2.87. The number of hydrogen-bond acceptors (Lipinski definition) is 3. The molecular formula is C13H7BrCl3N5O. The van der Waals surface area contributed by atoms with E-state index >= 15 is 0 Å². The van der Waals surface area contributed by atoms with Gasteiger partial charge in [0, 0.05) is 10.6 Å². The first kappa shape index (κ1) is 16.3. The zero-order valence-electron chi connectivity index (χ0n) is 11.1. The monoisotopic (exact) mass is 433 g/mol. The van der Waals surface area contributed by atoms with Crippen LogP contribution in [-0.4, -0.2) is 26.1 Å². The Morgan fingerprint density at radius 1 is 1.17 bits per heavy atom. The van der Waals surface area contributed by atoms with Gasteiger partial charge in [0.05, 0.1) is 10.0 Å². The summed E-state index contributed by atoms with van der Waals surface area (Å²) in [6, 6.07) is 6.48. The van der Waals surface area contributed by atoms with Crippen molar-refractivity contribution in [3.8, 4) is 11.4 Å². The van der Waals surface area contributed by atoms with Crippen LogP contribution in [0.2, 0.25) is 15.1 Å². The van der Waals surface area contributed by atoms with Gasteiger partial charge in [0.1, 0.15) is 10.3 Å². The summed E-state index contributed by atoms with van der Waals surface area (Å²) in [5, 5.41) is 10.5. The van der Waals surface area contributed by atoms with Crippen LogP contribution in [0.1, 0.15) is 10.5 Å². The maximum atomic E-state index is 12.1. The molecule has 10 heteroatoms. The minimum absolute atomic E-state index is 0.109. The second-order valence-corrected chi connectivity index (χ2v) is 6.47. The quantitative estimate of drug-likeness (QED) is 0.554. The number of H-pyrrole nitrogens is 2. The standard InChI is InChI=1S/C13H7BrCl3N5O/c14-10-8(17)4-9(18-10)12(23)20-13-19-11(21-22-13)6-2-1-5(15)3-7(6)16/h1-4,18H,(H2,19,20,21,22,23). The molecule has 0 unspecified atom stereocenters. The molecule has 0 bridgehead atoms. The van der Waals surface area contributed by atoms with Crippen molar-refractivity contribution in [2.45, 2.75) is 0 Å². The molecular weight excluding hydrogens is 428 g/mol. The third kappa shape index (κ3) is 3.53. The zero-order chi connectivity index (χ0) is 16.6. The maximum Gasteiger partial charge on any atom is 0.274 e. The van der Waals surface area contributed by atoms with Crippen molar-refractivity contribution in [3.63, 3.8) is 0 Å².